The van der Waals surface area contributed by atoms with Crippen LogP contribution in [0.4, 0.5) is 0 Å². The number of ketones is 1. The van der Waals surface area contributed by atoms with Crippen molar-refractivity contribution in [2.45, 2.75) is 0 Å². The van der Waals surface area contributed by atoms with Gasteiger partial charge in [-0.25, -0.2) is 14.6 Å². The van der Waals surface area contributed by atoms with E-state index in [4.69, 9.17) is 0 Å². The molecule has 0 saturated carbocycles. The van der Waals surface area contributed by atoms with Crippen molar-refractivity contribution in [1.29, 1.82) is 0 Å². The van der Waals surface area contributed by atoms with Gasteiger partial charge < -0.3 is 0 Å². The molecule has 76 valence electrons. The fraction of sp³-hybridized carbons (Fsp3) is 0.125. The summed E-state index contributed by atoms with van der Waals surface area (Å²) in [5.41, 5.74) is 0.685. The SMILES string of the molecule is Cn1nnc(Br)c1C(=O)c1ccncn1. The maximum atomic E-state index is 11.9. The lowest BCUT2D eigenvalue weighted by atomic mass is 10.2. The molecule has 0 fully saturated rings. The number of halogens is 1. The first-order chi connectivity index (χ1) is 7.20. The zero-order valence-electron chi connectivity index (χ0n) is 7.75. The van der Waals surface area contributed by atoms with Gasteiger partial charge in [0.1, 0.15) is 17.7 Å². The van der Waals surface area contributed by atoms with E-state index in [9.17, 15) is 4.79 Å². The normalized spacial score (nSPS) is 10.3. The molecular formula is C8H6BrN5O. The summed E-state index contributed by atoms with van der Waals surface area (Å²) in [4.78, 5) is 19.5. The summed E-state index contributed by atoms with van der Waals surface area (Å²) in [6, 6.07) is 1.54. The van der Waals surface area contributed by atoms with Gasteiger partial charge in [0.05, 0.1) is 0 Å². The maximum absolute atomic E-state index is 11.9. The summed E-state index contributed by atoms with van der Waals surface area (Å²) >= 11 is 3.16. The average Bonchev–Trinajstić information content (AvgIpc) is 2.59. The molecule has 0 aliphatic rings. The molecule has 7 heteroatoms. The highest BCUT2D eigenvalue weighted by Crippen LogP contribution is 2.14. The standard InChI is InChI=1S/C8H6BrN5O/c1-14-6(8(9)12-13-14)7(15)5-2-3-10-4-11-5/h2-4H,1H3. The summed E-state index contributed by atoms with van der Waals surface area (Å²) in [6.45, 7) is 0. The van der Waals surface area contributed by atoms with Gasteiger partial charge in [-0.15, -0.1) is 5.10 Å². The quantitative estimate of drug-likeness (QED) is 0.745. The lowest BCUT2D eigenvalue weighted by Crippen LogP contribution is -2.10. The molecular weight excluding hydrogens is 262 g/mol. The van der Waals surface area contributed by atoms with Crippen LogP contribution in [0.1, 0.15) is 16.2 Å². The molecule has 15 heavy (non-hydrogen) atoms. The van der Waals surface area contributed by atoms with Crippen molar-refractivity contribution in [3.8, 4) is 0 Å². The molecule has 0 spiro atoms. The van der Waals surface area contributed by atoms with Crippen molar-refractivity contribution in [2.24, 2.45) is 7.05 Å². The molecule has 6 nitrogen and oxygen atoms in total. The molecule has 0 aliphatic carbocycles. The third kappa shape index (κ3) is 1.78. The molecule has 2 aromatic heterocycles. The summed E-state index contributed by atoms with van der Waals surface area (Å²) < 4.78 is 1.81. The zero-order chi connectivity index (χ0) is 10.8. The molecule has 2 rings (SSSR count). The van der Waals surface area contributed by atoms with Crippen molar-refractivity contribution >= 4 is 21.7 Å². The van der Waals surface area contributed by atoms with Gasteiger partial charge in [-0.05, 0) is 22.0 Å². The third-order valence-corrected chi connectivity index (χ3v) is 2.35. The highest BCUT2D eigenvalue weighted by Gasteiger charge is 2.19. The van der Waals surface area contributed by atoms with Gasteiger partial charge >= 0.3 is 0 Å². The largest absolute Gasteiger partial charge is 0.285 e. The number of carbonyl (C=O) groups excluding carboxylic acids is 1. The number of hydrogen-bond acceptors (Lipinski definition) is 5. The molecule has 0 unspecified atom stereocenters. The predicted molar refractivity (Wildman–Crippen MR) is 54.2 cm³/mol. The smallest absolute Gasteiger partial charge is 0.232 e. The highest BCUT2D eigenvalue weighted by atomic mass is 79.9. The van der Waals surface area contributed by atoms with Crippen LogP contribution < -0.4 is 0 Å². The topological polar surface area (TPSA) is 73.6 Å². The molecule has 2 aromatic rings. The summed E-state index contributed by atoms with van der Waals surface area (Å²) in [6.07, 6.45) is 2.84. The summed E-state index contributed by atoms with van der Waals surface area (Å²) in [5.74, 6) is -0.239. The molecule has 0 aliphatic heterocycles. The molecule has 0 aromatic carbocycles. The predicted octanol–water partition coefficient (Wildman–Crippen LogP) is 0.599. The number of rotatable bonds is 2. The Kier molecular flexibility index (Phi) is 2.55. The Labute approximate surface area is 93.5 Å². The monoisotopic (exact) mass is 267 g/mol. The van der Waals surface area contributed by atoms with Gasteiger partial charge in [0.25, 0.3) is 0 Å². The first kappa shape index (κ1) is 9.91. The number of hydrogen-bond donors (Lipinski definition) is 0. The van der Waals surface area contributed by atoms with E-state index in [-0.39, 0.29) is 5.78 Å². The maximum Gasteiger partial charge on any atom is 0.232 e. The third-order valence-electron chi connectivity index (χ3n) is 1.82. The van der Waals surface area contributed by atoms with Crippen LogP contribution in [0.15, 0.2) is 23.2 Å². The second-order valence-corrected chi connectivity index (χ2v) is 3.53. The zero-order valence-corrected chi connectivity index (χ0v) is 9.34. The summed E-state index contributed by atoms with van der Waals surface area (Å²) in [5, 5.41) is 7.45. The van der Waals surface area contributed by atoms with Crippen LogP contribution in [-0.4, -0.2) is 30.7 Å². The van der Waals surface area contributed by atoms with E-state index < -0.39 is 0 Å². The van der Waals surface area contributed by atoms with Gasteiger partial charge in [-0.1, -0.05) is 5.21 Å². The van der Waals surface area contributed by atoms with E-state index in [1.54, 1.807) is 13.1 Å². The number of carbonyl (C=O) groups is 1. The molecule has 0 saturated heterocycles. The lowest BCUT2D eigenvalue weighted by molar-refractivity contribution is 0.102. The van der Waals surface area contributed by atoms with Gasteiger partial charge in [0.2, 0.25) is 5.78 Å². The lowest BCUT2D eigenvalue weighted by Gasteiger charge is -1.99. The minimum absolute atomic E-state index is 0.239. The average molecular weight is 268 g/mol. The highest BCUT2D eigenvalue weighted by molar-refractivity contribution is 9.10. The van der Waals surface area contributed by atoms with Crippen molar-refractivity contribution in [3.05, 3.63) is 34.6 Å². The second-order valence-electron chi connectivity index (χ2n) is 2.78. The Hall–Kier alpha value is -1.63. The van der Waals surface area contributed by atoms with E-state index in [0.717, 1.165) is 0 Å². The van der Waals surface area contributed by atoms with E-state index in [1.165, 1.54) is 17.2 Å². The second kappa shape index (κ2) is 3.85. The fourth-order valence-electron chi connectivity index (χ4n) is 1.12. The first-order valence-electron chi connectivity index (χ1n) is 4.06. The molecule has 0 amide bonds. The minimum atomic E-state index is -0.239. The number of aromatic nitrogens is 5. The number of nitrogens with zero attached hydrogens (tertiary/aromatic N) is 5. The number of aryl methyl sites for hydroxylation is 1. The van der Waals surface area contributed by atoms with Gasteiger partial charge in [-0.2, -0.15) is 0 Å². The van der Waals surface area contributed by atoms with Crippen LogP contribution in [0.5, 0.6) is 0 Å². The molecule has 0 bridgehead atoms. The summed E-state index contributed by atoms with van der Waals surface area (Å²) in [7, 11) is 1.65. The minimum Gasteiger partial charge on any atom is -0.285 e. The Balaban J connectivity index is 2.46. The van der Waals surface area contributed by atoms with E-state index in [0.29, 0.717) is 16.0 Å². The van der Waals surface area contributed by atoms with Crippen LogP contribution in [0.2, 0.25) is 0 Å². The van der Waals surface area contributed by atoms with Crippen LogP contribution in [0, 0.1) is 0 Å². The Morgan fingerprint density at radius 2 is 2.33 bits per heavy atom. The van der Waals surface area contributed by atoms with E-state index in [2.05, 4.69) is 36.2 Å². The molecule has 0 atom stereocenters. The van der Waals surface area contributed by atoms with Crippen LogP contribution in [0.3, 0.4) is 0 Å². The van der Waals surface area contributed by atoms with Crippen LogP contribution in [0.25, 0.3) is 0 Å². The van der Waals surface area contributed by atoms with Gasteiger partial charge in [0, 0.05) is 13.2 Å². The Morgan fingerprint density at radius 3 is 2.87 bits per heavy atom. The molecule has 0 radical (unpaired) electrons. The van der Waals surface area contributed by atoms with Crippen molar-refractivity contribution < 1.29 is 4.79 Å². The Morgan fingerprint density at radius 1 is 1.53 bits per heavy atom. The van der Waals surface area contributed by atoms with Crippen LogP contribution >= 0.6 is 15.9 Å². The van der Waals surface area contributed by atoms with Crippen LogP contribution in [-0.2, 0) is 7.05 Å². The van der Waals surface area contributed by atoms with Gasteiger partial charge in [-0.3, -0.25) is 4.79 Å². The molecule has 0 N–H and O–H groups in total. The van der Waals surface area contributed by atoms with E-state index >= 15 is 0 Å². The fourth-order valence-corrected chi connectivity index (χ4v) is 1.63. The van der Waals surface area contributed by atoms with Crippen molar-refractivity contribution in [2.75, 3.05) is 0 Å². The van der Waals surface area contributed by atoms with Crippen molar-refractivity contribution in [3.63, 3.8) is 0 Å². The molecule has 2 heterocycles. The van der Waals surface area contributed by atoms with Crippen molar-refractivity contribution in [1.82, 2.24) is 25.0 Å². The first-order valence-corrected chi connectivity index (χ1v) is 4.85. The van der Waals surface area contributed by atoms with Gasteiger partial charge in [0.15, 0.2) is 4.60 Å². The van der Waals surface area contributed by atoms with E-state index in [1.807, 2.05) is 0 Å². The Bertz CT molecular complexity index is 475.